The highest BCUT2D eigenvalue weighted by atomic mass is 16.5. The molecule has 0 saturated carbocycles. The van der Waals surface area contributed by atoms with Gasteiger partial charge in [0.2, 0.25) is 0 Å². The second-order valence-corrected chi connectivity index (χ2v) is 6.63. The number of hydrogen-bond acceptors (Lipinski definition) is 3. The lowest BCUT2D eigenvalue weighted by Gasteiger charge is -2.14. The second-order valence-electron chi connectivity index (χ2n) is 6.63. The van der Waals surface area contributed by atoms with Gasteiger partial charge in [-0.2, -0.15) is 0 Å². The van der Waals surface area contributed by atoms with Crippen LogP contribution in [0.1, 0.15) is 34.0 Å². The van der Waals surface area contributed by atoms with Gasteiger partial charge < -0.3 is 14.8 Å². The zero-order chi connectivity index (χ0) is 19.9. The van der Waals surface area contributed by atoms with Gasteiger partial charge in [0.25, 0.3) is 5.91 Å². The summed E-state index contributed by atoms with van der Waals surface area (Å²) in [7, 11) is 0. The second kappa shape index (κ2) is 9.09. The SMILES string of the molecule is CCOc1ccc(C(=O)Nc2ccc(C)cc2)cc1COc1ccccc1C. The number of carbonyl (C=O) groups excluding carboxylic acids is 1. The molecule has 0 fully saturated rings. The van der Waals surface area contributed by atoms with Crippen molar-refractivity contribution in [2.24, 2.45) is 0 Å². The number of amides is 1. The van der Waals surface area contributed by atoms with E-state index in [4.69, 9.17) is 9.47 Å². The number of ether oxygens (including phenoxy) is 2. The van der Waals surface area contributed by atoms with Gasteiger partial charge in [0.05, 0.1) is 6.61 Å². The molecule has 0 atom stereocenters. The third-order valence-electron chi connectivity index (χ3n) is 4.41. The summed E-state index contributed by atoms with van der Waals surface area (Å²) in [5.41, 5.74) is 4.37. The number of hydrogen-bond donors (Lipinski definition) is 1. The standard InChI is InChI=1S/C24H25NO3/c1-4-27-23-14-11-19(24(26)25-21-12-9-17(2)10-13-21)15-20(23)16-28-22-8-6-5-7-18(22)3/h5-15H,4,16H2,1-3H3,(H,25,26). The third-order valence-corrected chi connectivity index (χ3v) is 4.41. The molecule has 0 aliphatic heterocycles. The summed E-state index contributed by atoms with van der Waals surface area (Å²) in [5.74, 6) is 1.38. The van der Waals surface area contributed by atoms with E-state index in [-0.39, 0.29) is 5.91 Å². The van der Waals surface area contributed by atoms with Crippen LogP contribution in [0.25, 0.3) is 0 Å². The first-order valence-corrected chi connectivity index (χ1v) is 9.39. The largest absolute Gasteiger partial charge is 0.493 e. The lowest BCUT2D eigenvalue weighted by Crippen LogP contribution is -2.13. The van der Waals surface area contributed by atoms with Gasteiger partial charge in [0, 0.05) is 16.8 Å². The van der Waals surface area contributed by atoms with E-state index in [0.717, 1.165) is 33.9 Å². The van der Waals surface area contributed by atoms with E-state index < -0.39 is 0 Å². The number of para-hydroxylation sites is 1. The lowest BCUT2D eigenvalue weighted by atomic mass is 10.1. The van der Waals surface area contributed by atoms with Crippen LogP contribution in [0.15, 0.2) is 66.7 Å². The first kappa shape index (κ1) is 19.5. The van der Waals surface area contributed by atoms with E-state index in [1.807, 2.05) is 81.4 Å². The highest BCUT2D eigenvalue weighted by Gasteiger charge is 2.12. The maximum atomic E-state index is 12.7. The van der Waals surface area contributed by atoms with Crippen LogP contribution in [0.5, 0.6) is 11.5 Å². The van der Waals surface area contributed by atoms with Gasteiger partial charge in [-0.15, -0.1) is 0 Å². The molecule has 3 aromatic carbocycles. The van der Waals surface area contributed by atoms with Gasteiger partial charge in [0.1, 0.15) is 18.1 Å². The topological polar surface area (TPSA) is 47.6 Å². The fourth-order valence-electron chi connectivity index (χ4n) is 2.84. The van der Waals surface area contributed by atoms with E-state index in [1.165, 1.54) is 0 Å². The molecule has 0 heterocycles. The Morgan fingerprint density at radius 2 is 1.64 bits per heavy atom. The first-order valence-electron chi connectivity index (χ1n) is 9.39. The maximum absolute atomic E-state index is 12.7. The number of benzene rings is 3. The lowest BCUT2D eigenvalue weighted by molar-refractivity contribution is 0.102. The van der Waals surface area contributed by atoms with Crippen LogP contribution in [0.3, 0.4) is 0 Å². The molecule has 0 unspecified atom stereocenters. The molecule has 4 heteroatoms. The summed E-state index contributed by atoms with van der Waals surface area (Å²) < 4.78 is 11.7. The highest BCUT2D eigenvalue weighted by molar-refractivity contribution is 6.04. The van der Waals surface area contributed by atoms with Crippen LogP contribution in [-0.4, -0.2) is 12.5 Å². The molecule has 28 heavy (non-hydrogen) atoms. The van der Waals surface area contributed by atoms with Crippen molar-refractivity contribution in [2.45, 2.75) is 27.4 Å². The quantitative estimate of drug-likeness (QED) is 0.590. The minimum absolute atomic E-state index is 0.163. The number of nitrogens with one attached hydrogen (secondary N) is 1. The number of anilines is 1. The van der Waals surface area contributed by atoms with E-state index in [9.17, 15) is 4.79 Å². The zero-order valence-corrected chi connectivity index (χ0v) is 16.5. The Kier molecular flexibility index (Phi) is 6.33. The molecule has 3 rings (SSSR count). The molecule has 0 saturated heterocycles. The van der Waals surface area contributed by atoms with Crippen molar-refractivity contribution >= 4 is 11.6 Å². The number of rotatable bonds is 7. The Bertz CT molecular complexity index is 948. The van der Waals surface area contributed by atoms with Crippen molar-refractivity contribution in [3.63, 3.8) is 0 Å². The van der Waals surface area contributed by atoms with Gasteiger partial charge in [-0.25, -0.2) is 0 Å². The Morgan fingerprint density at radius 3 is 2.36 bits per heavy atom. The van der Waals surface area contributed by atoms with Crippen molar-refractivity contribution in [2.75, 3.05) is 11.9 Å². The van der Waals surface area contributed by atoms with E-state index in [2.05, 4.69) is 5.32 Å². The molecule has 0 spiro atoms. The molecule has 1 N–H and O–H groups in total. The highest BCUT2D eigenvalue weighted by Crippen LogP contribution is 2.25. The summed E-state index contributed by atoms with van der Waals surface area (Å²) in [6, 6.07) is 21.0. The van der Waals surface area contributed by atoms with E-state index in [1.54, 1.807) is 6.07 Å². The first-order chi connectivity index (χ1) is 13.6. The van der Waals surface area contributed by atoms with Gasteiger partial charge in [0.15, 0.2) is 0 Å². The van der Waals surface area contributed by atoms with Gasteiger partial charge in [-0.1, -0.05) is 35.9 Å². The molecule has 0 aliphatic carbocycles. The molecule has 3 aromatic rings. The molecular formula is C24H25NO3. The van der Waals surface area contributed by atoms with Crippen LogP contribution in [0.2, 0.25) is 0 Å². The molecule has 0 radical (unpaired) electrons. The van der Waals surface area contributed by atoms with Crippen LogP contribution >= 0.6 is 0 Å². The van der Waals surface area contributed by atoms with Crippen LogP contribution < -0.4 is 14.8 Å². The van der Waals surface area contributed by atoms with Gasteiger partial charge >= 0.3 is 0 Å². The smallest absolute Gasteiger partial charge is 0.255 e. The molecule has 0 aliphatic rings. The van der Waals surface area contributed by atoms with Crippen molar-refractivity contribution in [3.8, 4) is 11.5 Å². The number of aryl methyl sites for hydroxylation is 2. The molecular weight excluding hydrogens is 350 g/mol. The normalized spacial score (nSPS) is 10.4. The van der Waals surface area contributed by atoms with Crippen LogP contribution in [-0.2, 0) is 6.61 Å². The summed E-state index contributed by atoms with van der Waals surface area (Å²) >= 11 is 0. The average Bonchev–Trinajstić information content (AvgIpc) is 2.70. The fourth-order valence-corrected chi connectivity index (χ4v) is 2.84. The summed E-state index contributed by atoms with van der Waals surface area (Å²) in [4.78, 5) is 12.7. The van der Waals surface area contributed by atoms with Crippen molar-refractivity contribution in [1.82, 2.24) is 0 Å². The zero-order valence-electron chi connectivity index (χ0n) is 16.5. The van der Waals surface area contributed by atoms with Crippen molar-refractivity contribution < 1.29 is 14.3 Å². The Hall–Kier alpha value is -3.27. The Morgan fingerprint density at radius 1 is 0.893 bits per heavy atom. The fraction of sp³-hybridized carbons (Fsp3) is 0.208. The number of carbonyl (C=O) groups is 1. The third kappa shape index (κ3) is 4.92. The molecule has 1 amide bonds. The van der Waals surface area contributed by atoms with Crippen molar-refractivity contribution in [3.05, 3.63) is 89.0 Å². The summed E-state index contributed by atoms with van der Waals surface area (Å²) in [5, 5.41) is 2.93. The van der Waals surface area contributed by atoms with E-state index in [0.29, 0.717) is 18.8 Å². The van der Waals surface area contributed by atoms with Crippen LogP contribution in [0.4, 0.5) is 5.69 Å². The van der Waals surface area contributed by atoms with Gasteiger partial charge in [-0.05, 0) is 62.7 Å². The minimum atomic E-state index is -0.163. The Labute approximate surface area is 166 Å². The molecule has 0 aromatic heterocycles. The maximum Gasteiger partial charge on any atom is 0.255 e. The monoisotopic (exact) mass is 375 g/mol. The predicted octanol–water partition coefficient (Wildman–Crippen LogP) is 5.53. The van der Waals surface area contributed by atoms with Crippen LogP contribution in [0, 0.1) is 13.8 Å². The summed E-state index contributed by atoms with van der Waals surface area (Å²) in [6.45, 7) is 6.82. The summed E-state index contributed by atoms with van der Waals surface area (Å²) in [6.07, 6.45) is 0. The Balaban J connectivity index is 1.79. The van der Waals surface area contributed by atoms with E-state index >= 15 is 0 Å². The average molecular weight is 375 g/mol. The predicted molar refractivity (Wildman–Crippen MR) is 112 cm³/mol. The minimum Gasteiger partial charge on any atom is -0.493 e. The molecule has 144 valence electrons. The van der Waals surface area contributed by atoms with Gasteiger partial charge in [-0.3, -0.25) is 4.79 Å². The molecule has 4 nitrogen and oxygen atoms in total. The molecule has 0 bridgehead atoms. The van der Waals surface area contributed by atoms with Crippen molar-refractivity contribution in [1.29, 1.82) is 0 Å².